The maximum atomic E-state index is 11.5. The minimum atomic E-state index is -0.783. The van der Waals surface area contributed by atoms with Crippen molar-refractivity contribution in [1.29, 1.82) is 0 Å². The molecule has 21 heavy (non-hydrogen) atoms. The first-order valence-corrected chi connectivity index (χ1v) is 8.59. The fourth-order valence-corrected chi connectivity index (χ4v) is 3.47. The van der Waals surface area contributed by atoms with Crippen LogP contribution < -0.4 is 5.32 Å². The van der Waals surface area contributed by atoms with Crippen LogP contribution in [0.3, 0.4) is 0 Å². The van der Waals surface area contributed by atoms with Gasteiger partial charge in [0.1, 0.15) is 5.54 Å². The quantitative estimate of drug-likeness (QED) is 0.687. The van der Waals surface area contributed by atoms with Crippen molar-refractivity contribution in [2.24, 2.45) is 5.92 Å². The van der Waals surface area contributed by atoms with Crippen molar-refractivity contribution in [1.82, 2.24) is 10.2 Å². The summed E-state index contributed by atoms with van der Waals surface area (Å²) < 4.78 is 0. The first-order chi connectivity index (χ1) is 9.90. The number of nitrogens with one attached hydrogen (secondary N) is 1. The van der Waals surface area contributed by atoms with Crippen molar-refractivity contribution in [3.05, 3.63) is 0 Å². The smallest absolute Gasteiger partial charge is 0.323 e. The summed E-state index contributed by atoms with van der Waals surface area (Å²) in [6, 6.07) is 0.679. The molecule has 1 fully saturated rings. The van der Waals surface area contributed by atoms with Crippen molar-refractivity contribution in [3.8, 4) is 0 Å². The third kappa shape index (κ3) is 5.59. The predicted molar refractivity (Wildman–Crippen MR) is 87.6 cm³/mol. The van der Waals surface area contributed by atoms with Crippen LogP contribution >= 0.6 is 0 Å². The molecule has 2 N–H and O–H groups in total. The predicted octanol–water partition coefficient (Wildman–Crippen LogP) is 3.12. The van der Waals surface area contributed by atoms with E-state index in [1.807, 2.05) is 6.92 Å². The van der Waals surface area contributed by atoms with Gasteiger partial charge in [0.2, 0.25) is 0 Å². The largest absolute Gasteiger partial charge is 0.480 e. The average Bonchev–Trinajstić information content (AvgIpc) is 2.45. The van der Waals surface area contributed by atoms with Gasteiger partial charge in [0, 0.05) is 6.04 Å². The summed E-state index contributed by atoms with van der Waals surface area (Å²) in [6.45, 7) is 7.98. The molecule has 0 aromatic heterocycles. The Kier molecular flexibility index (Phi) is 7.67. The van der Waals surface area contributed by atoms with Crippen LogP contribution in [0.25, 0.3) is 0 Å². The molecule has 0 saturated heterocycles. The Morgan fingerprint density at radius 2 is 2.05 bits per heavy atom. The second-order valence-corrected chi connectivity index (χ2v) is 6.98. The van der Waals surface area contributed by atoms with Gasteiger partial charge < -0.3 is 15.3 Å². The number of nitrogens with zero attached hydrogens (tertiary/aromatic N) is 1. The number of aliphatic carboxylic acids is 1. The van der Waals surface area contributed by atoms with Gasteiger partial charge in [0.15, 0.2) is 0 Å². The fraction of sp³-hybridized carbons (Fsp3) is 0.941. The van der Waals surface area contributed by atoms with E-state index in [4.69, 9.17) is 0 Å². The fourth-order valence-electron chi connectivity index (χ4n) is 3.47. The second kappa shape index (κ2) is 8.74. The van der Waals surface area contributed by atoms with Crippen molar-refractivity contribution in [2.75, 3.05) is 20.1 Å². The average molecular weight is 298 g/mol. The van der Waals surface area contributed by atoms with Crippen molar-refractivity contribution in [3.63, 3.8) is 0 Å². The standard InChI is InChI=1S/C17H34N2O2/c1-5-12-18-17(3,16(20)21)11-8-13-19(4)15-10-7-6-9-14(15)2/h14-15,18H,5-13H2,1-4H3,(H,20,21). The van der Waals surface area contributed by atoms with Crippen LogP contribution in [0.1, 0.15) is 65.7 Å². The zero-order chi connectivity index (χ0) is 15.9. The molecule has 0 radical (unpaired) electrons. The van der Waals surface area contributed by atoms with Crippen LogP contribution in [0.2, 0.25) is 0 Å². The van der Waals surface area contributed by atoms with Gasteiger partial charge in [-0.25, -0.2) is 0 Å². The lowest BCUT2D eigenvalue weighted by Crippen LogP contribution is -2.50. The van der Waals surface area contributed by atoms with E-state index in [-0.39, 0.29) is 0 Å². The molecule has 0 spiro atoms. The topological polar surface area (TPSA) is 52.6 Å². The van der Waals surface area contributed by atoms with E-state index in [0.717, 1.165) is 31.8 Å². The van der Waals surface area contributed by atoms with Gasteiger partial charge in [-0.1, -0.05) is 26.7 Å². The number of hydrogen-bond acceptors (Lipinski definition) is 3. The van der Waals surface area contributed by atoms with Crippen LogP contribution in [0, 0.1) is 5.92 Å². The lowest BCUT2D eigenvalue weighted by Gasteiger charge is -2.37. The number of rotatable bonds is 9. The Morgan fingerprint density at radius 3 is 2.62 bits per heavy atom. The van der Waals surface area contributed by atoms with E-state index in [1.54, 1.807) is 0 Å². The molecule has 1 rings (SSSR count). The van der Waals surface area contributed by atoms with E-state index in [1.165, 1.54) is 25.7 Å². The Morgan fingerprint density at radius 1 is 1.38 bits per heavy atom. The molecule has 124 valence electrons. The molecule has 0 aromatic rings. The zero-order valence-corrected chi connectivity index (χ0v) is 14.3. The lowest BCUT2D eigenvalue weighted by molar-refractivity contribution is -0.144. The van der Waals surface area contributed by atoms with Crippen molar-refractivity contribution >= 4 is 5.97 Å². The van der Waals surface area contributed by atoms with E-state index in [0.29, 0.717) is 12.5 Å². The summed E-state index contributed by atoms with van der Waals surface area (Å²) in [5, 5.41) is 12.6. The van der Waals surface area contributed by atoms with Gasteiger partial charge in [-0.15, -0.1) is 0 Å². The highest BCUT2D eigenvalue weighted by Gasteiger charge is 2.32. The molecule has 4 nitrogen and oxygen atoms in total. The molecule has 0 aromatic carbocycles. The Bertz CT molecular complexity index is 322. The van der Waals surface area contributed by atoms with Crippen LogP contribution in [0.5, 0.6) is 0 Å². The molecule has 1 saturated carbocycles. The van der Waals surface area contributed by atoms with Crippen LogP contribution in [0.15, 0.2) is 0 Å². The Hall–Kier alpha value is -0.610. The molecule has 4 heteroatoms. The highest BCUT2D eigenvalue weighted by Crippen LogP contribution is 2.27. The van der Waals surface area contributed by atoms with E-state index >= 15 is 0 Å². The Labute approximate surface area is 130 Å². The molecule has 1 aliphatic rings. The van der Waals surface area contributed by atoms with Gasteiger partial charge in [-0.3, -0.25) is 4.79 Å². The highest BCUT2D eigenvalue weighted by molar-refractivity contribution is 5.78. The molecule has 0 heterocycles. The maximum absolute atomic E-state index is 11.5. The highest BCUT2D eigenvalue weighted by atomic mass is 16.4. The van der Waals surface area contributed by atoms with Gasteiger partial charge >= 0.3 is 5.97 Å². The third-order valence-electron chi connectivity index (χ3n) is 5.06. The molecule has 3 atom stereocenters. The maximum Gasteiger partial charge on any atom is 0.323 e. The van der Waals surface area contributed by atoms with Gasteiger partial charge in [0.05, 0.1) is 0 Å². The number of hydrogen-bond donors (Lipinski definition) is 2. The molecule has 0 amide bonds. The first kappa shape index (κ1) is 18.4. The van der Waals surface area contributed by atoms with Gasteiger partial charge in [-0.05, 0) is 65.1 Å². The Balaban J connectivity index is 2.40. The van der Waals surface area contributed by atoms with Gasteiger partial charge in [-0.2, -0.15) is 0 Å². The summed E-state index contributed by atoms with van der Waals surface area (Å²) in [4.78, 5) is 13.9. The van der Waals surface area contributed by atoms with E-state index < -0.39 is 11.5 Å². The summed E-state index contributed by atoms with van der Waals surface area (Å²) in [5.74, 6) is 0.0393. The lowest BCUT2D eigenvalue weighted by atomic mass is 9.85. The molecule has 3 unspecified atom stereocenters. The molecular formula is C17H34N2O2. The van der Waals surface area contributed by atoms with Crippen molar-refractivity contribution < 1.29 is 9.90 Å². The minimum absolute atomic E-state index is 0.679. The summed E-state index contributed by atoms with van der Waals surface area (Å²) in [7, 11) is 2.20. The zero-order valence-electron chi connectivity index (χ0n) is 14.3. The van der Waals surface area contributed by atoms with Crippen LogP contribution in [-0.4, -0.2) is 47.7 Å². The third-order valence-corrected chi connectivity index (χ3v) is 5.06. The minimum Gasteiger partial charge on any atom is -0.480 e. The SMILES string of the molecule is CCCNC(C)(CCCN(C)C1CCCCC1C)C(=O)O. The van der Waals surface area contributed by atoms with Crippen LogP contribution in [-0.2, 0) is 4.79 Å². The van der Waals surface area contributed by atoms with Crippen molar-refractivity contribution in [2.45, 2.75) is 77.3 Å². The molecular weight excluding hydrogens is 264 g/mol. The van der Waals surface area contributed by atoms with Crippen LogP contribution in [0.4, 0.5) is 0 Å². The monoisotopic (exact) mass is 298 g/mol. The summed E-state index contributed by atoms with van der Waals surface area (Å²) in [6.07, 6.45) is 7.91. The molecule has 0 aliphatic heterocycles. The first-order valence-electron chi connectivity index (χ1n) is 8.59. The van der Waals surface area contributed by atoms with Gasteiger partial charge in [0.25, 0.3) is 0 Å². The summed E-state index contributed by atoms with van der Waals surface area (Å²) in [5.41, 5.74) is -0.783. The molecule has 1 aliphatic carbocycles. The number of carboxylic acid groups (broad SMARTS) is 1. The number of carbonyl (C=O) groups is 1. The summed E-state index contributed by atoms with van der Waals surface area (Å²) >= 11 is 0. The normalized spacial score (nSPS) is 25.8. The number of carboxylic acids is 1. The van der Waals surface area contributed by atoms with E-state index in [2.05, 4.69) is 31.1 Å². The molecule has 0 bridgehead atoms. The van der Waals surface area contributed by atoms with E-state index in [9.17, 15) is 9.90 Å². The second-order valence-electron chi connectivity index (χ2n) is 6.98.